The molecule has 12 heteroatoms. The van der Waals surface area contributed by atoms with Crippen molar-refractivity contribution in [3.05, 3.63) is 53.1 Å². The minimum absolute atomic E-state index is 0.0403. The van der Waals surface area contributed by atoms with Crippen LogP contribution in [0, 0.1) is 17.1 Å². The van der Waals surface area contributed by atoms with Crippen molar-refractivity contribution >= 4 is 40.6 Å². The average molecular weight is 480 g/mol. The molecule has 1 fully saturated rings. The summed E-state index contributed by atoms with van der Waals surface area (Å²) < 4.78 is 59.5. The Morgan fingerprint density at radius 2 is 2.03 bits per heavy atom. The summed E-state index contributed by atoms with van der Waals surface area (Å²) in [5.74, 6) is -2.30. The quantitative estimate of drug-likeness (QED) is 0.368. The Kier molecular flexibility index (Phi) is 6.92. The Balaban J connectivity index is 2.02. The van der Waals surface area contributed by atoms with Crippen LogP contribution in [-0.2, 0) is 15.7 Å². The highest BCUT2D eigenvalue weighted by Crippen LogP contribution is 2.34. The number of ether oxygens (including phenoxy) is 1. The van der Waals surface area contributed by atoms with E-state index in [1.807, 2.05) is 0 Å². The molecule has 0 unspecified atom stereocenters. The molecule has 1 amide bonds. The van der Waals surface area contributed by atoms with Crippen LogP contribution < -0.4 is 9.80 Å². The number of benzene rings is 1. The molecule has 7 nitrogen and oxygen atoms in total. The van der Waals surface area contributed by atoms with Crippen LogP contribution in [0.1, 0.15) is 41.4 Å². The molecule has 172 valence electrons. The third-order valence-corrected chi connectivity index (χ3v) is 5.15. The summed E-state index contributed by atoms with van der Waals surface area (Å²) in [4.78, 5) is 30.3. The molecule has 0 radical (unpaired) electrons. The standard InChI is InChI=1S/C21H16F4N4O3S/c1-2-32-19(31)14-6-5-12(9-16(14)22)28-7-3-4-18(30)29(20(28)33)13-8-15(21(23,24)25)17(10-26)27-11-13/h5-6,8-9,11H,2-4,7H2,1H3. The van der Waals surface area contributed by atoms with E-state index in [0.29, 0.717) is 6.07 Å². The number of esters is 1. The molecular formula is C21H16F4N4O3S. The van der Waals surface area contributed by atoms with E-state index in [9.17, 15) is 27.2 Å². The van der Waals surface area contributed by atoms with E-state index in [2.05, 4.69) is 4.98 Å². The number of pyridine rings is 1. The minimum Gasteiger partial charge on any atom is -0.462 e. The number of rotatable bonds is 4. The molecule has 1 aliphatic heterocycles. The molecule has 3 rings (SSSR count). The highest BCUT2D eigenvalue weighted by molar-refractivity contribution is 7.81. The normalized spacial score (nSPS) is 14.7. The van der Waals surface area contributed by atoms with Crippen LogP contribution in [0.15, 0.2) is 30.5 Å². The lowest BCUT2D eigenvalue weighted by Gasteiger charge is -2.30. The number of thiocarbonyl (C=S) groups is 1. The molecule has 1 aromatic carbocycles. The van der Waals surface area contributed by atoms with Gasteiger partial charge in [-0.15, -0.1) is 0 Å². The Morgan fingerprint density at radius 1 is 1.30 bits per heavy atom. The van der Waals surface area contributed by atoms with Gasteiger partial charge in [-0.25, -0.2) is 14.2 Å². The van der Waals surface area contributed by atoms with Crippen molar-refractivity contribution in [3.63, 3.8) is 0 Å². The number of carbonyl (C=O) groups is 2. The van der Waals surface area contributed by atoms with Crippen LogP contribution >= 0.6 is 12.2 Å². The van der Waals surface area contributed by atoms with Crippen LogP contribution in [0.2, 0.25) is 0 Å². The van der Waals surface area contributed by atoms with Gasteiger partial charge in [0.2, 0.25) is 5.91 Å². The van der Waals surface area contributed by atoms with Crippen molar-refractivity contribution in [2.24, 2.45) is 0 Å². The molecule has 0 bridgehead atoms. The number of hydrogen-bond donors (Lipinski definition) is 0. The number of nitriles is 1. The highest BCUT2D eigenvalue weighted by Gasteiger charge is 2.37. The molecule has 0 atom stereocenters. The maximum atomic E-state index is 14.6. The number of aromatic nitrogens is 1. The van der Waals surface area contributed by atoms with Gasteiger partial charge in [-0.2, -0.15) is 18.4 Å². The van der Waals surface area contributed by atoms with Gasteiger partial charge in [0.25, 0.3) is 0 Å². The van der Waals surface area contributed by atoms with Gasteiger partial charge >= 0.3 is 12.1 Å². The fourth-order valence-corrected chi connectivity index (χ4v) is 3.65. The second-order valence-corrected chi connectivity index (χ2v) is 7.22. The molecular weight excluding hydrogens is 464 g/mol. The van der Waals surface area contributed by atoms with Gasteiger partial charge in [0.1, 0.15) is 11.9 Å². The molecule has 1 aliphatic rings. The molecule has 2 aromatic rings. The highest BCUT2D eigenvalue weighted by atomic mass is 32.1. The topological polar surface area (TPSA) is 86.5 Å². The number of nitrogens with zero attached hydrogens (tertiary/aromatic N) is 4. The van der Waals surface area contributed by atoms with Gasteiger partial charge < -0.3 is 9.64 Å². The Hall–Kier alpha value is -3.59. The molecule has 1 aromatic heterocycles. The Bertz CT molecular complexity index is 1160. The van der Waals surface area contributed by atoms with Crippen LogP contribution in [0.25, 0.3) is 0 Å². The van der Waals surface area contributed by atoms with Crippen molar-refractivity contribution in [3.8, 4) is 6.07 Å². The smallest absolute Gasteiger partial charge is 0.419 e. The fraction of sp³-hybridized carbons (Fsp3) is 0.286. The minimum atomic E-state index is -4.88. The van der Waals surface area contributed by atoms with Gasteiger partial charge in [0.15, 0.2) is 10.8 Å². The molecule has 0 N–H and O–H groups in total. The third kappa shape index (κ3) is 4.93. The lowest BCUT2D eigenvalue weighted by atomic mass is 10.1. The van der Waals surface area contributed by atoms with Crippen molar-refractivity contribution in [1.29, 1.82) is 5.26 Å². The lowest BCUT2D eigenvalue weighted by Crippen LogP contribution is -2.44. The first kappa shape index (κ1) is 24.1. The number of halogens is 4. The number of alkyl halides is 3. The van der Waals surface area contributed by atoms with Gasteiger partial charge in [0.05, 0.1) is 29.6 Å². The van der Waals surface area contributed by atoms with E-state index in [1.165, 1.54) is 23.1 Å². The summed E-state index contributed by atoms with van der Waals surface area (Å²) in [6.45, 7) is 1.81. The van der Waals surface area contributed by atoms with Crippen molar-refractivity contribution in [1.82, 2.24) is 4.98 Å². The maximum absolute atomic E-state index is 14.6. The summed E-state index contributed by atoms with van der Waals surface area (Å²) in [7, 11) is 0. The summed E-state index contributed by atoms with van der Waals surface area (Å²) in [6.07, 6.45) is -3.68. The molecule has 0 aliphatic carbocycles. The number of amides is 1. The third-order valence-electron chi connectivity index (χ3n) is 4.75. The zero-order valence-electron chi connectivity index (χ0n) is 17.1. The molecule has 1 saturated heterocycles. The molecule has 33 heavy (non-hydrogen) atoms. The van der Waals surface area contributed by atoms with Crippen LogP contribution in [0.3, 0.4) is 0 Å². The van der Waals surface area contributed by atoms with E-state index < -0.39 is 35.1 Å². The predicted molar refractivity (Wildman–Crippen MR) is 113 cm³/mol. The fourth-order valence-electron chi connectivity index (χ4n) is 3.24. The van der Waals surface area contributed by atoms with Crippen molar-refractivity contribution in [2.75, 3.05) is 23.0 Å². The summed E-state index contributed by atoms with van der Waals surface area (Å²) in [5, 5.41) is 8.75. The van der Waals surface area contributed by atoms with Crippen molar-refractivity contribution in [2.45, 2.75) is 25.9 Å². The number of carbonyl (C=O) groups excluding carboxylic acids is 2. The lowest BCUT2D eigenvalue weighted by molar-refractivity contribution is -0.138. The van der Waals surface area contributed by atoms with E-state index >= 15 is 0 Å². The SMILES string of the molecule is CCOC(=O)c1ccc(N2CCCC(=O)N(c3cnc(C#N)c(C(F)(F)F)c3)C2=S)cc1F. The van der Waals surface area contributed by atoms with E-state index in [4.69, 9.17) is 22.2 Å². The first-order valence-electron chi connectivity index (χ1n) is 9.67. The Morgan fingerprint density at radius 3 is 2.64 bits per heavy atom. The van der Waals surface area contributed by atoms with E-state index in [-0.39, 0.29) is 48.0 Å². The Labute approximate surface area is 191 Å². The average Bonchev–Trinajstić information content (AvgIpc) is 2.90. The van der Waals surface area contributed by atoms with E-state index in [0.717, 1.165) is 17.2 Å². The molecule has 0 spiro atoms. The zero-order valence-corrected chi connectivity index (χ0v) is 18.0. The van der Waals surface area contributed by atoms with Crippen LogP contribution in [0.5, 0.6) is 0 Å². The predicted octanol–water partition coefficient (Wildman–Crippen LogP) is 4.21. The monoisotopic (exact) mass is 480 g/mol. The first-order valence-corrected chi connectivity index (χ1v) is 10.1. The van der Waals surface area contributed by atoms with Gasteiger partial charge in [0, 0.05) is 18.7 Å². The van der Waals surface area contributed by atoms with E-state index in [1.54, 1.807) is 6.92 Å². The second-order valence-electron chi connectivity index (χ2n) is 6.85. The van der Waals surface area contributed by atoms with Gasteiger partial charge in [-0.05, 0) is 49.8 Å². The number of anilines is 2. The largest absolute Gasteiger partial charge is 0.462 e. The molecule has 0 saturated carbocycles. The summed E-state index contributed by atoms with van der Waals surface area (Å²) in [6, 6.07) is 5.63. The van der Waals surface area contributed by atoms with Crippen LogP contribution in [-0.4, -0.2) is 35.1 Å². The maximum Gasteiger partial charge on any atom is 0.419 e. The number of hydrogen-bond acceptors (Lipinski definition) is 6. The first-order chi connectivity index (χ1) is 15.6. The zero-order chi connectivity index (χ0) is 24.3. The van der Waals surface area contributed by atoms with Gasteiger partial charge in [-0.3, -0.25) is 9.69 Å². The van der Waals surface area contributed by atoms with Gasteiger partial charge in [-0.1, -0.05) is 0 Å². The summed E-state index contributed by atoms with van der Waals surface area (Å²) >= 11 is 5.39. The van der Waals surface area contributed by atoms with Crippen LogP contribution in [0.4, 0.5) is 28.9 Å². The van der Waals surface area contributed by atoms with Crippen molar-refractivity contribution < 1.29 is 31.9 Å². The molecule has 2 heterocycles. The summed E-state index contributed by atoms with van der Waals surface area (Å²) in [5.41, 5.74) is -2.51. The second kappa shape index (κ2) is 9.50.